The van der Waals surface area contributed by atoms with E-state index in [1.807, 2.05) is 12.4 Å². The van der Waals surface area contributed by atoms with Gasteiger partial charge in [0.2, 0.25) is 0 Å². The number of hydrogen-bond acceptors (Lipinski definition) is 4. The molecule has 0 amide bonds. The van der Waals surface area contributed by atoms with Crippen LogP contribution in [0.2, 0.25) is 0 Å². The molecule has 1 aliphatic heterocycles. The van der Waals surface area contributed by atoms with Gasteiger partial charge in [-0.1, -0.05) is 0 Å². The van der Waals surface area contributed by atoms with Crippen LogP contribution in [0.25, 0.3) is 0 Å². The molecule has 19 heavy (non-hydrogen) atoms. The number of nitrogens with zero attached hydrogens (tertiary/aromatic N) is 3. The van der Waals surface area contributed by atoms with Gasteiger partial charge in [0.15, 0.2) is 0 Å². The summed E-state index contributed by atoms with van der Waals surface area (Å²) in [5.74, 6) is 0. The maximum Gasteiger partial charge on any atom is 0.0537 e. The third-order valence-electron chi connectivity index (χ3n) is 5.10. The molecule has 0 bridgehead atoms. The molecule has 4 nitrogen and oxygen atoms in total. The van der Waals surface area contributed by atoms with Gasteiger partial charge < -0.3 is 5.73 Å². The first-order valence-electron chi connectivity index (χ1n) is 7.24. The van der Waals surface area contributed by atoms with Gasteiger partial charge in [-0.3, -0.25) is 4.90 Å². The van der Waals surface area contributed by atoms with E-state index in [4.69, 9.17) is 5.73 Å². The Hall–Kier alpha value is -1.00. The number of likely N-dealkylation sites (tertiary alicyclic amines) is 1. The molecule has 4 heteroatoms. The van der Waals surface area contributed by atoms with Crippen molar-refractivity contribution in [2.75, 3.05) is 13.1 Å². The van der Waals surface area contributed by atoms with Crippen LogP contribution in [0.15, 0.2) is 12.4 Å². The summed E-state index contributed by atoms with van der Waals surface area (Å²) in [4.78, 5) is 2.57. The van der Waals surface area contributed by atoms with Crippen molar-refractivity contribution in [3.63, 3.8) is 0 Å². The predicted molar refractivity (Wildman–Crippen MR) is 75.9 cm³/mol. The summed E-state index contributed by atoms with van der Waals surface area (Å²) < 4.78 is 0. The van der Waals surface area contributed by atoms with Gasteiger partial charge in [-0.15, -0.1) is 0 Å². The maximum atomic E-state index is 6.48. The summed E-state index contributed by atoms with van der Waals surface area (Å²) in [6.45, 7) is 9.12. The minimum Gasteiger partial charge on any atom is -0.327 e. The zero-order chi connectivity index (χ0) is 13.7. The van der Waals surface area contributed by atoms with Crippen molar-refractivity contribution in [2.45, 2.75) is 57.0 Å². The van der Waals surface area contributed by atoms with Crippen LogP contribution in [0.3, 0.4) is 0 Å². The lowest BCUT2D eigenvalue weighted by Crippen LogP contribution is -2.54. The Morgan fingerprint density at radius 3 is 2.47 bits per heavy atom. The van der Waals surface area contributed by atoms with E-state index >= 15 is 0 Å². The summed E-state index contributed by atoms with van der Waals surface area (Å²) in [6.07, 6.45) is 7.10. The molecule has 1 aromatic heterocycles. The van der Waals surface area contributed by atoms with Crippen LogP contribution in [0.5, 0.6) is 0 Å². The first-order chi connectivity index (χ1) is 8.93. The minimum atomic E-state index is 0.146. The number of rotatable bonds is 0. The Kier molecular flexibility index (Phi) is 2.91. The average Bonchev–Trinajstić information content (AvgIpc) is 2.63. The first kappa shape index (κ1) is 13.0. The van der Waals surface area contributed by atoms with E-state index in [0.29, 0.717) is 0 Å². The van der Waals surface area contributed by atoms with Crippen molar-refractivity contribution in [1.82, 2.24) is 15.1 Å². The molecule has 1 fully saturated rings. The number of hydrogen-bond donors (Lipinski definition) is 1. The molecule has 1 spiro atoms. The van der Waals surface area contributed by atoms with E-state index in [9.17, 15) is 0 Å². The first-order valence-corrected chi connectivity index (χ1v) is 7.24. The molecule has 1 atom stereocenters. The molecule has 0 saturated carbocycles. The Morgan fingerprint density at radius 2 is 1.84 bits per heavy atom. The highest BCUT2D eigenvalue weighted by atomic mass is 15.2. The highest BCUT2D eigenvalue weighted by Gasteiger charge is 2.48. The van der Waals surface area contributed by atoms with Crippen LogP contribution in [0.1, 0.15) is 44.7 Å². The van der Waals surface area contributed by atoms with Gasteiger partial charge in [-0.05, 0) is 64.3 Å². The number of nitrogens with two attached hydrogens (primary N) is 1. The van der Waals surface area contributed by atoms with Crippen LogP contribution in [0.4, 0.5) is 0 Å². The molecular formula is C15H24N4. The summed E-state index contributed by atoms with van der Waals surface area (Å²) >= 11 is 0. The molecule has 1 aliphatic carbocycles. The molecule has 0 unspecified atom stereocenters. The Labute approximate surface area is 115 Å². The SMILES string of the molecule is CC(C)(C)N1CCC2(CC1)c1cnncc1C[C@H]2N. The second-order valence-corrected chi connectivity index (χ2v) is 7.05. The third kappa shape index (κ3) is 1.98. The zero-order valence-corrected chi connectivity index (χ0v) is 12.2. The second-order valence-electron chi connectivity index (χ2n) is 7.05. The predicted octanol–water partition coefficient (Wildman–Crippen LogP) is 1.49. The summed E-state index contributed by atoms with van der Waals surface area (Å²) in [7, 11) is 0. The number of fused-ring (bicyclic) bond motifs is 2. The minimum absolute atomic E-state index is 0.146. The van der Waals surface area contributed by atoms with Crippen LogP contribution < -0.4 is 5.73 Å². The van der Waals surface area contributed by atoms with E-state index in [1.54, 1.807) is 0 Å². The maximum absolute atomic E-state index is 6.48. The fourth-order valence-corrected chi connectivity index (χ4v) is 3.81. The van der Waals surface area contributed by atoms with E-state index in [0.717, 1.165) is 32.4 Å². The van der Waals surface area contributed by atoms with E-state index in [1.165, 1.54) is 11.1 Å². The molecule has 104 valence electrons. The highest BCUT2D eigenvalue weighted by Crippen LogP contribution is 2.45. The van der Waals surface area contributed by atoms with E-state index < -0.39 is 0 Å². The average molecular weight is 260 g/mol. The van der Waals surface area contributed by atoms with Crippen molar-refractivity contribution in [1.29, 1.82) is 0 Å². The topological polar surface area (TPSA) is 55.0 Å². The number of piperidine rings is 1. The third-order valence-corrected chi connectivity index (χ3v) is 5.10. The van der Waals surface area contributed by atoms with Gasteiger partial charge in [-0.25, -0.2) is 0 Å². The van der Waals surface area contributed by atoms with Gasteiger partial charge in [0, 0.05) is 17.0 Å². The van der Waals surface area contributed by atoms with Gasteiger partial charge in [0.1, 0.15) is 0 Å². The van der Waals surface area contributed by atoms with Crippen molar-refractivity contribution in [3.05, 3.63) is 23.5 Å². The molecule has 1 saturated heterocycles. The van der Waals surface area contributed by atoms with Crippen molar-refractivity contribution in [3.8, 4) is 0 Å². The van der Waals surface area contributed by atoms with Crippen molar-refractivity contribution in [2.24, 2.45) is 5.73 Å². The molecule has 1 aromatic rings. The molecular weight excluding hydrogens is 236 g/mol. The van der Waals surface area contributed by atoms with Crippen LogP contribution in [-0.2, 0) is 11.8 Å². The fraction of sp³-hybridized carbons (Fsp3) is 0.733. The molecule has 2 aliphatic rings. The standard InChI is InChI=1S/C15H24N4/c1-14(2,3)19-6-4-15(5-7-19)12-10-18-17-9-11(12)8-13(15)16/h9-10,13H,4-8,16H2,1-3H3/t13-/m1/s1. The molecule has 0 radical (unpaired) electrons. The Balaban J connectivity index is 1.87. The lowest BCUT2D eigenvalue weighted by molar-refractivity contribution is 0.0688. The van der Waals surface area contributed by atoms with E-state index in [2.05, 4.69) is 35.9 Å². The normalized spacial score (nSPS) is 26.6. The van der Waals surface area contributed by atoms with Crippen molar-refractivity contribution < 1.29 is 0 Å². The van der Waals surface area contributed by atoms with Gasteiger partial charge in [0.05, 0.1) is 12.4 Å². The molecule has 2 N–H and O–H groups in total. The summed E-state index contributed by atoms with van der Waals surface area (Å²) in [5.41, 5.74) is 9.55. The number of aromatic nitrogens is 2. The van der Waals surface area contributed by atoms with Crippen LogP contribution in [-0.4, -0.2) is 39.8 Å². The molecule has 0 aromatic carbocycles. The van der Waals surface area contributed by atoms with Crippen molar-refractivity contribution >= 4 is 0 Å². The lowest BCUT2D eigenvalue weighted by Gasteiger charge is -2.47. The summed E-state index contributed by atoms with van der Waals surface area (Å²) in [6, 6.07) is 0.232. The largest absolute Gasteiger partial charge is 0.327 e. The van der Waals surface area contributed by atoms with E-state index in [-0.39, 0.29) is 17.0 Å². The quantitative estimate of drug-likeness (QED) is 0.768. The van der Waals surface area contributed by atoms with Gasteiger partial charge in [-0.2, -0.15) is 10.2 Å². The highest BCUT2D eigenvalue weighted by molar-refractivity contribution is 5.39. The molecule has 2 heterocycles. The zero-order valence-electron chi connectivity index (χ0n) is 12.2. The van der Waals surface area contributed by atoms with Gasteiger partial charge in [0.25, 0.3) is 0 Å². The fourth-order valence-electron chi connectivity index (χ4n) is 3.81. The Bertz CT molecular complexity index is 469. The van der Waals surface area contributed by atoms with Crippen LogP contribution in [0, 0.1) is 0 Å². The second kappa shape index (κ2) is 4.25. The Morgan fingerprint density at radius 1 is 1.21 bits per heavy atom. The molecule has 3 rings (SSSR count). The van der Waals surface area contributed by atoms with Gasteiger partial charge >= 0.3 is 0 Å². The monoisotopic (exact) mass is 260 g/mol. The smallest absolute Gasteiger partial charge is 0.0537 e. The van der Waals surface area contributed by atoms with Crippen LogP contribution >= 0.6 is 0 Å². The summed E-state index contributed by atoms with van der Waals surface area (Å²) in [5, 5.41) is 8.10. The lowest BCUT2D eigenvalue weighted by atomic mass is 9.71.